The lowest BCUT2D eigenvalue weighted by molar-refractivity contribution is 0.0948. The third kappa shape index (κ3) is 6.90. The Morgan fingerprint density at radius 1 is 0.927 bits per heavy atom. The van der Waals surface area contributed by atoms with Crippen molar-refractivity contribution < 1.29 is 13.9 Å². The number of likely N-dealkylation sites (N-methyl/N-ethyl adjacent to an activating group) is 1. The second-order valence-corrected chi connectivity index (χ2v) is 10.3. The molecule has 2 aromatic carbocycles. The van der Waals surface area contributed by atoms with Gasteiger partial charge in [0.2, 0.25) is 5.43 Å². The van der Waals surface area contributed by atoms with Crippen molar-refractivity contribution in [1.29, 1.82) is 0 Å². The number of hydrogen-bond acceptors (Lipinski definition) is 6. The van der Waals surface area contributed by atoms with Gasteiger partial charge < -0.3 is 28.8 Å². The second kappa shape index (κ2) is 12.9. The topological polar surface area (TPSA) is 88.3 Å². The fourth-order valence-corrected chi connectivity index (χ4v) is 4.91. The van der Waals surface area contributed by atoms with E-state index in [1.54, 1.807) is 29.1 Å². The first-order valence-electron chi connectivity index (χ1n) is 13.8. The maximum Gasteiger partial charge on any atom is 0.278 e. The van der Waals surface area contributed by atoms with E-state index in [1.807, 2.05) is 30.3 Å². The molecule has 1 amide bonds. The number of aryl methyl sites for hydroxylation is 1. The van der Waals surface area contributed by atoms with Crippen LogP contribution in [0.15, 0.2) is 82.8 Å². The number of benzene rings is 2. The van der Waals surface area contributed by atoms with E-state index < -0.39 is 11.3 Å². The van der Waals surface area contributed by atoms with Gasteiger partial charge in [0.15, 0.2) is 11.3 Å². The molecule has 0 atom stereocenters. The van der Waals surface area contributed by atoms with Gasteiger partial charge in [0.05, 0.1) is 0 Å². The average molecular weight is 560 g/mol. The lowest BCUT2D eigenvalue weighted by Gasteiger charge is -2.32. The van der Waals surface area contributed by atoms with Crippen molar-refractivity contribution in [3.05, 3.63) is 116 Å². The van der Waals surface area contributed by atoms with Crippen LogP contribution in [0, 0.1) is 5.82 Å². The SMILES string of the molecule is CN1CCN(CCCn2ccn3cc(C(=O)NCc4ccc(F)cc4)c(=O)c(OCc4ccccc4)c3c2=O)CC1. The molecule has 0 aliphatic carbocycles. The van der Waals surface area contributed by atoms with E-state index in [0.717, 1.165) is 44.7 Å². The number of carbonyl (C=O) groups excluding carboxylic acids is 1. The van der Waals surface area contributed by atoms with Crippen molar-refractivity contribution in [2.75, 3.05) is 39.8 Å². The van der Waals surface area contributed by atoms with Gasteiger partial charge in [-0.2, -0.15) is 0 Å². The van der Waals surface area contributed by atoms with E-state index in [2.05, 4.69) is 22.2 Å². The fourth-order valence-electron chi connectivity index (χ4n) is 4.91. The monoisotopic (exact) mass is 559 g/mol. The summed E-state index contributed by atoms with van der Waals surface area (Å²) in [5.74, 6) is -1.16. The van der Waals surface area contributed by atoms with Crippen molar-refractivity contribution in [1.82, 2.24) is 24.1 Å². The number of amides is 1. The summed E-state index contributed by atoms with van der Waals surface area (Å²) < 4.78 is 22.3. The van der Waals surface area contributed by atoms with Crippen LogP contribution in [0.4, 0.5) is 4.39 Å². The number of carbonyl (C=O) groups is 1. The van der Waals surface area contributed by atoms with E-state index >= 15 is 0 Å². The highest BCUT2D eigenvalue weighted by molar-refractivity contribution is 5.94. The number of aromatic nitrogens is 2. The summed E-state index contributed by atoms with van der Waals surface area (Å²) in [5, 5.41) is 2.71. The van der Waals surface area contributed by atoms with Crippen LogP contribution in [-0.4, -0.2) is 64.4 Å². The predicted molar refractivity (Wildman–Crippen MR) is 155 cm³/mol. The minimum Gasteiger partial charge on any atom is -0.483 e. The molecule has 9 nitrogen and oxygen atoms in total. The molecule has 1 N–H and O–H groups in total. The van der Waals surface area contributed by atoms with Gasteiger partial charge in [0, 0.05) is 57.9 Å². The molecule has 0 saturated carbocycles. The number of ether oxygens (including phenoxy) is 1. The maximum atomic E-state index is 13.6. The molecule has 0 spiro atoms. The number of rotatable bonds is 10. The number of halogens is 1. The highest BCUT2D eigenvalue weighted by Gasteiger charge is 2.21. The molecule has 1 aliphatic rings. The Hall–Kier alpha value is -4.28. The van der Waals surface area contributed by atoms with Crippen molar-refractivity contribution >= 4 is 11.4 Å². The Kier molecular flexibility index (Phi) is 8.91. The van der Waals surface area contributed by atoms with Crippen molar-refractivity contribution in [3.63, 3.8) is 0 Å². The van der Waals surface area contributed by atoms with Crippen LogP contribution in [0.5, 0.6) is 5.75 Å². The highest BCUT2D eigenvalue weighted by atomic mass is 19.1. The zero-order chi connectivity index (χ0) is 28.8. The van der Waals surface area contributed by atoms with Gasteiger partial charge in [-0.25, -0.2) is 4.39 Å². The van der Waals surface area contributed by atoms with Crippen LogP contribution in [0.1, 0.15) is 27.9 Å². The smallest absolute Gasteiger partial charge is 0.278 e. The normalized spacial score (nSPS) is 14.3. The summed E-state index contributed by atoms with van der Waals surface area (Å²) in [7, 11) is 2.12. The van der Waals surface area contributed by atoms with Gasteiger partial charge >= 0.3 is 0 Å². The number of nitrogens with zero attached hydrogens (tertiary/aromatic N) is 4. The Morgan fingerprint density at radius 2 is 1.66 bits per heavy atom. The summed E-state index contributed by atoms with van der Waals surface area (Å²) >= 11 is 0. The highest BCUT2D eigenvalue weighted by Crippen LogP contribution is 2.16. The molecule has 0 bridgehead atoms. The quantitative estimate of drug-likeness (QED) is 0.322. The number of fused-ring (bicyclic) bond motifs is 1. The summed E-state index contributed by atoms with van der Waals surface area (Å²) in [6.07, 6.45) is 5.49. The predicted octanol–water partition coefficient (Wildman–Crippen LogP) is 2.75. The zero-order valence-corrected chi connectivity index (χ0v) is 23.1. The minimum absolute atomic E-state index is 0.0597. The van der Waals surface area contributed by atoms with E-state index in [4.69, 9.17) is 4.74 Å². The van der Waals surface area contributed by atoms with E-state index in [9.17, 15) is 18.8 Å². The average Bonchev–Trinajstić information content (AvgIpc) is 2.99. The summed E-state index contributed by atoms with van der Waals surface area (Å²) in [5.41, 5.74) is 0.414. The zero-order valence-electron chi connectivity index (χ0n) is 23.1. The second-order valence-electron chi connectivity index (χ2n) is 10.3. The standard InChI is InChI=1S/C31H34FN5O4/c1-34-14-16-35(17-15-34)12-5-13-36-18-19-37-21-26(30(39)33-20-23-8-10-25(32)11-9-23)28(38)29(27(37)31(36)40)41-22-24-6-3-2-4-7-24/h2-4,6-11,18-19,21H,5,12-17,20,22H2,1H3,(H,33,39). The van der Waals surface area contributed by atoms with Gasteiger partial charge in [-0.1, -0.05) is 42.5 Å². The maximum absolute atomic E-state index is 13.6. The van der Waals surface area contributed by atoms with E-state index in [1.165, 1.54) is 22.7 Å². The van der Waals surface area contributed by atoms with Crippen LogP contribution in [0.2, 0.25) is 0 Å². The van der Waals surface area contributed by atoms with Gasteiger partial charge in [0.25, 0.3) is 11.5 Å². The van der Waals surface area contributed by atoms with E-state index in [0.29, 0.717) is 12.1 Å². The molecule has 3 heterocycles. The van der Waals surface area contributed by atoms with Crippen LogP contribution < -0.4 is 21.0 Å². The molecule has 214 valence electrons. The van der Waals surface area contributed by atoms with Crippen LogP contribution >= 0.6 is 0 Å². The molecule has 41 heavy (non-hydrogen) atoms. The van der Waals surface area contributed by atoms with Gasteiger partial charge in [0.1, 0.15) is 18.0 Å². The molecule has 1 saturated heterocycles. The van der Waals surface area contributed by atoms with Crippen LogP contribution in [0.3, 0.4) is 0 Å². The molecular formula is C31H34FN5O4. The molecule has 0 radical (unpaired) electrons. The van der Waals surface area contributed by atoms with E-state index in [-0.39, 0.29) is 41.4 Å². The Bertz CT molecular complexity index is 1610. The summed E-state index contributed by atoms with van der Waals surface area (Å²) in [6, 6.07) is 15.0. The lowest BCUT2D eigenvalue weighted by atomic mass is 10.2. The first-order chi connectivity index (χ1) is 19.9. The molecule has 2 aromatic heterocycles. The summed E-state index contributed by atoms with van der Waals surface area (Å²) in [4.78, 5) is 45.0. The van der Waals surface area contributed by atoms with Crippen LogP contribution in [-0.2, 0) is 19.7 Å². The molecule has 5 rings (SSSR count). The lowest BCUT2D eigenvalue weighted by Crippen LogP contribution is -2.44. The van der Waals surface area contributed by atoms with Crippen molar-refractivity contribution in [2.24, 2.45) is 0 Å². The number of piperazine rings is 1. The summed E-state index contributed by atoms with van der Waals surface area (Å²) in [6.45, 7) is 5.60. The van der Waals surface area contributed by atoms with Gasteiger partial charge in [-0.05, 0) is 43.3 Å². The third-order valence-electron chi connectivity index (χ3n) is 7.37. The third-order valence-corrected chi connectivity index (χ3v) is 7.37. The molecular weight excluding hydrogens is 525 g/mol. The number of pyridine rings is 1. The Morgan fingerprint density at radius 3 is 2.39 bits per heavy atom. The van der Waals surface area contributed by atoms with Crippen molar-refractivity contribution in [3.8, 4) is 5.75 Å². The Balaban J connectivity index is 1.41. The first kappa shape index (κ1) is 28.3. The molecule has 4 aromatic rings. The Labute approximate surface area is 237 Å². The molecule has 0 unspecified atom stereocenters. The largest absolute Gasteiger partial charge is 0.483 e. The minimum atomic E-state index is -0.662. The van der Waals surface area contributed by atoms with Gasteiger partial charge in [-0.3, -0.25) is 14.4 Å². The first-order valence-corrected chi connectivity index (χ1v) is 13.8. The number of hydrogen-bond donors (Lipinski definition) is 1. The molecule has 10 heteroatoms. The molecule has 1 fully saturated rings. The fraction of sp³-hybridized carbons (Fsp3) is 0.323. The van der Waals surface area contributed by atoms with Gasteiger partial charge in [-0.15, -0.1) is 0 Å². The number of nitrogens with one attached hydrogen (secondary N) is 1. The molecule has 1 aliphatic heterocycles. The van der Waals surface area contributed by atoms with Crippen molar-refractivity contribution in [2.45, 2.75) is 26.1 Å². The van der Waals surface area contributed by atoms with Crippen LogP contribution in [0.25, 0.3) is 5.52 Å².